The minimum Gasteiger partial charge on any atom is -0.375 e. The summed E-state index contributed by atoms with van der Waals surface area (Å²) in [7, 11) is 1.69. The first-order valence-electron chi connectivity index (χ1n) is 5.63. The Balaban J connectivity index is 2.49. The van der Waals surface area contributed by atoms with Crippen LogP contribution in [0.4, 0.5) is 0 Å². The van der Waals surface area contributed by atoms with Crippen LogP contribution in [0.3, 0.4) is 0 Å². The average Bonchev–Trinajstić information content (AvgIpc) is 2.46. The van der Waals surface area contributed by atoms with E-state index in [1.165, 1.54) is 5.01 Å². The molecule has 2 heterocycles. The Kier molecular flexibility index (Phi) is 4.15. The normalized spacial score (nSPS) is 9.74. The minimum absolute atomic E-state index is 0.185. The number of pyridine rings is 2. The van der Waals surface area contributed by atoms with Crippen LogP contribution in [0, 0.1) is 0 Å². The van der Waals surface area contributed by atoms with Crippen LogP contribution in [0.2, 0.25) is 0 Å². The summed E-state index contributed by atoms with van der Waals surface area (Å²) < 4.78 is 0. The van der Waals surface area contributed by atoms with E-state index in [1.54, 1.807) is 19.4 Å². The summed E-state index contributed by atoms with van der Waals surface area (Å²) in [6.45, 7) is 0. The number of rotatable bonds is 3. The highest BCUT2D eigenvalue weighted by molar-refractivity contribution is 7.80. The second-order valence-electron chi connectivity index (χ2n) is 3.74. The molecular weight excluding hydrogens is 258 g/mol. The van der Waals surface area contributed by atoms with Crippen molar-refractivity contribution in [2.24, 2.45) is 10.8 Å². The summed E-state index contributed by atoms with van der Waals surface area (Å²) in [5.74, 6) is 0. The van der Waals surface area contributed by atoms with Gasteiger partial charge in [-0.05, 0) is 36.5 Å². The molecule has 5 nitrogen and oxygen atoms in total. The van der Waals surface area contributed by atoms with E-state index in [1.807, 2.05) is 36.4 Å². The Labute approximate surface area is 116 Å². The van der Waals surface area contributed by atoms with Crippen LogP contribution in [0.15, 0.2) is 53.9 Å². The number of nitrogens with zero attached hydrogens (tertiary/aromatic N) is 4. The van der Waals surface area contributed by atoms with Gasteiger partial charge >= 0.3 is 0 Å². The maximum atomic E-state index is 5.55. The highest BCUT2D eigenvalue weighted by atomic mass is 32.1. The fourth-order valence-electron chi connectivity index (χ4n) is 1.44. The van der Waals surface area contributed by atoms with Gasteiger partial charge in [-0.25, -0.2) is 5.01 Å². The lowest BCUT2D eigenvalue weighted by atomic mass is 10.1. The quantitative estimate of drug-likeness (QED) is 0.519. The lowest BCUT2D eigenvalue weighted by molar-refractivity contribution is 0.549. The fourth-order valence-corrected chi connectivity index (χ4v) is 1.48. The van der Waals surface area contributed by atoms with Gasteiger partial charge in [0, 0.05) is 19.4 Å². The van der Waals surface area contributed by atoms with Crippen LogP contribution in [0.25, 0.3) is 0 Å². The molecule has 0 aromatic carbocycles. The first kappa shape index (κ1) is 13.1. The molecule has 0 fully saturated rings. The molecule has 96 valence electrons. The van der Waals surface area contributed by atoms with E-state index in [0.717, 1.165) is 0 Å². The molecule has 0 aliphatic carbocycles. The molecule has 2 aromatic heterocycles. The number of nitrogens with two attached hydrogens (primary N) is 1. The number of hydrogen-bond acceptors (Lipinski definition) is 4. The Morgan fingerprint density at radius 2 is 1.63 bits per heavy atom. The van der Waals surface area contributed by atoms with E-state index < -0.39 is 0 Å². The summed E-state index contributed by atoms with van der Waals surface area (Å²) in [5.41, 5.74) is 7.60. The van der Waals surface area contributed by atoms with E-state index in [0.29, 0.717) is 17.1 Å². The highest BCUT2D eigenvalue weighted by Gasteiger charge is 2.11. The molecule has 0 radical (unpaired) electrons. The van der Waals surface area contributed by atoms with E-state index in [9.17, 15) is 0 Å². The maximum absolute atomic E-state index is 5.55. The largest absolute Gasteiger partial charge is 0.375 e. The molecule has 2 N–H and O–H groups in total. The van der Waals surface area contributed by atoms with Crippen molar-refractivity contribution in [2.75, 3.05) is 7.05 Å². The van der Waals surface area contributed by atoms with Crippen molar-refractivity contribution in [1.82, 2.24) is 15.0 Å². The van der Waals surface area contributed by atoms with Crippen molar-refractivity contribution in [3.8, 4) is 0 Å². The van der Waals surface area contributed by atoms with Crippen LogP contribution in [0.5, 0.6) is 0 Å². The summed E-state index contributed by atoms with van der Waals surface area (Å²) in [6.07, 6.45) is 3.41. The van der Waals surface area contributed by atoms with E-state index in [2.05, 4.69) is 15.1 Å². The van der Waals surface area contributed by atoms with Gasteiger partial charge in [-0.3, -0.25) is 9.97 Å². The molecule has 0 saturated heterocycles. The fraction of sp³-hybridized carbons (Fsp3) is 0.0769. The lowest BCUT2D eigenvalue weighted by Crippen LogP contribution is -2.29. The molecule has 0 unspecified atom stereocenters. The number of hydrogen-bond donors (Lipinski definition) is 1. The molecule has 19 heavy (non-hydrogen) atoms. The summed E-state index contributed by atoms with van der Waals surface area (Å²) in [5, 5.41) is 5.98. The summed E-state index contributed by atoms with van der Waals surface area (Å²) in [4.78, 5) is 8.57. The third kappa shape index (κ3) is 3.32. The Morgan fingerprint density at radius 3 is 2.00 bits per heavy atom. The van der Waals surface area contributed by atoms with Gasteiger partial charge in [-0.1, -0.05) is 12.1 Å². The smallest absolute Gasteiger partial charge is 0.186 e. The molecule has 2 rings (SSSR count). The molecule has 0 aliphatic rings. The predicted octanol–water partition coefficient (Wildman–Crippen LogP) is 1.40. The summed E-state index contributed by atoms with van der Waals surface area (Å²) in [6, 6.07) is 11.2. The second-order valence-corrected chi connectivity index (χ2v) is 4.16. The van der Waals surface area contributed by atoms with Crippen molar-refractivity contribution in [3.63, 3.8) is 0 Å². The third-order valence-corrected chi connectivity index (χ3v) is 2.65. The van der Waals surface area contributed by atoms with E-state index in [-0.39, 0.29) is 5.11 Å². The number of hydrazone groups is 1. The van der Waals surface area contributed by atoms with Crippen molar-refractivity contribution in [2.45, 2.75) is 0 Å². The molecular formula is C13H13N5S. The Bertz CT molecular complexity index is 541. The van der Waals surface area contributed by atoms with Gasteiger partial charge in [0.2, 0.25) is 0 Å². The molecule has 0 bridgehead atoms. The average molecular weight is 271 g/mol. The molecule has 0 amide bonds. The maximum Gasteiger partial charge on any atom is 0.186 e. The zero-order valence-corrected chi connectivity index (χ0v) is 11.2. The van der Waals surface area contributed by atoms with E-state index in [4.69, 9.17) is 18.0 Å². The van der Waals surface area contributed by atoms with Crippen LogP contribution in [-0.4, -0.2) is 32.8 Å². The van der Waals surface area contributed by atoms with E-state index >= 15 is 0 Å². The molecule has 0 spiro atoms. The van der Waals surface area contributed by atoms with Gasteiger partial charge in [-0.15, -0.1) is 0 Å². The number of aromatic nitrogens is 2. The second kappa shape index (κ2) is 6.01. The van der Waals surface area contributed by atoms with Gasteiger partial charge in [0.25, 0.3) is 0 Å². The first-order valence-corrected chi connectivity index (χ1v) is 6.04. The van der Waals surface area contributed by atoms with Crippen molar-refractivity contribution < 1.29 is 0 Å². The van der Waals surface area contributed by atoms with Gasteiger partial charge in [0.15, 0.2) is 5.11 Å². The topological polar surface area (TPSA) is 67.4 Å². The van der Waals surface area contributed by atoms with Gasteiger partial charge in [-0.2, -0.15) is 5.10 Å². The van der Waals surface area contributed by atoms with Crippen LogP contribution >= 0.6 is 12.2 Å². The summed E-state index contributed by atoms with van der Waals surface area (Å²) >= 11 is 4.89. The zero-order chi connectivity index (χ0) is 13.7. The minimum atomic E-state index is 0.185. The zero-order valence-electron chi connectivity index (χ0n) is 10.4. The van der Waals surface area contributed by atoms with Gasteiger partial charge in [0.05, 0.1) is 11.4 Å². The van der Waals surface area contributed by atoms with Gasteiger partial charge < -0.3 is 5.73 Å². The van der Waals surface area contributed by atoms with Crippen molar-refractivity contribution >= 4 is 23.0 Å². The predicted molar refractivity (Wildman–Crippen MR) is 78.7 cm³/mol. The monoisotopic (exact) mass is 271 g/mol. The Hall–Kier alpha value is -2.34. The first-order chi connectivity index (χ1) is 9.18. The standard InChI is InChI=1S/C13H13N5S/c1-18(13(14)19)17-12(10-6-2-4-8-15-10)11-7-3-5-9-16-11/h2-9H,1H3,(H2,14,19). The molecule has 0 aliphatic heterocycles. The SMILES string of the molecule is CN(N=C(c1ccccn1)c1ccccn1)C(N)=S. The third-order valence-electron chi connectivity index (χ3n) is 2.38. The molecule has 0 atom stereocenters. The molecule has 0 saturated carbocycles. The lowest BCUT2D eigenvalue weighted by Gasteiger charge is -2.13. The van der Waals surface area contributed by atoms with Crippen molar-refractivity contribution in [1.29, 1.82) is 0 Å². The molecule has 2 aromatic rings. The highest BCUT2D eigenvalue weighted by Crippen LogP contribution is 2.07. The Morgan fingerprint density at radius 1 is 1.11 bits per heavy atom. The molecule has 6 heteroatoms. The number of thiocarbonyl (C=S) groups is 1. The van der Waals surface area contributed by atoms with Crippen molar-refractivity contribution in [3.05, 3.63) is 60.2 Å². The van der Waals surface area contributed by atoms with Crippen LogP contribution in [0.1, 0.15) is 11.4 Å². The van der Waals surface area contributed by atoms with Crippen LogP contribution in [-0.2, 0) is 0 Å². The van der Waals surface area contributed by atoms with Crippen LogP contribution < -0.4 is 5.73 Å². The van der Waals surface area contributed by atoms with Gasteiger partial charge in [0.1, 0.15) is 5.71 Å².